The van der Waals surface area contributed by atoms with E-state index < -0.39 is 0 Å². The molecule has 1 aliphatic rings. The predicted molar refractivity (Wildman–Crippen MR) is 81.5 cm³/mol. The fourth-order valence-corrected chi connectivity index (χ4v) is 4.40. The molecule has 2 unspecified atom stereocenters. The Balaban J connectivity index is 2.07. The van der Waals surface area contributed by atoms with E-state index in [4.69, 9.17) is 0 Å². The zero-order valence-corrected chi connectivity index (χ0v) is 12.9. The summed E-state index contributed by atoms with van der Waals surface area (Å²) < 4.78 is 0. The van der Waals surface area contributed by atoms with E-state index in [1.54, 1.807) is 0 Å². The molecule has 0 saturated heterocycles. The molecule has 0 spiro atoms. The normalized spacial score (nSPS) is 21.4. The van der Waals surface area contributed by atoms with E-state index in [9.17, 15) is 0 Å². The Labute approximate surface area is 113 Å². The minimum Gasteiger partial charge on any atom is -0.155 e. The second kappa shape index (κ2) is 9.30. The predicted octanol–water partition coefficient (Wildman–Crippen LogP) is 5.86. The highest BCUT2D eigenvalue weighted by molar-refractivity contribution is 8.00. The Morgan fingerprint density at radius 1 is 1.12 bits per heavy atom. The van der Waals surface area contributed by atoms with Crippen LogP contribution in [0.25, 0.3) is 0 Å². The van der Waals surface area contributed by atoms with Crippen LogP contribution < -0.4 is 0 Å². The van der Waals surface area contributed by atoms with Gasteiger partial charge in [-0.25, -0.2) is 0 Å². The lowest BCUT2D eigenvalue weighted by Gasteiger charge is -2.25. The highest BCUT2D eigenvalue weighted by Crippen LogP contribution is 2.33. The Hall–Kier alpha value is 0.350. The second-order valence-electron chi connectivity index (χ2n) is 5.77. The third-order valence-corrected chi connectivity index (χ3v) is 5.26. The highest BCUT2D eigenvalue weighted by atomic mass is 32.2. The van der Waals surface area contributed by atoms with Gasteiger partial charge in [0.2, 0.25) is 0 Å². The second-order valence-corrected chi connectivity index (χ2v) is 7.45. The maximum atomic E-state index is 2.59. The molecule has 1 rings (SSSR count). The molecule has 17 heavy (non-hydrogen) atoms. The van der Waals surface area contributed by atoms with E-state index in [2.05, 4.69) is 39.0 Å². The maximum absolute atomic E-state index is 2.59. The number of hydrogen-bond acceptors (Lipinski definition) is 1. The van der Waals surface area contributed by atoms with Crippen molar-refractivity contribution in [3.8, 4) is 0 Å². The van der Waals surface area contributed by atoms with E-state index in [1.807, 2.05) is 0 Å². The van der Waals surface area contributed by atoms with Crippen LogP contribution in [0.4, 0.5) is 0 Å². The first-order valence-corrected chi connectivity index (χ1v) is 8.67. The molecule has 0 aromatic heterocycles. The van der Waals surface area contributed by atoms with Crippen LogP contribution in [-0.2, 0) is 0 Å². The number of rotatable bonds is 8. The average molecular weight is 255 g/mol. The molecule has 101 valence electrons. The van der Waals surface area contributed by atoms with Crippen molar-refractivity contribution in [2.75, 3.05) is 0 Å². The third kappa shape index (κ3) is 7.39. The first-order chi connectivity index (χ1) is 8.22. The molecular formula is C16H31S. The van der Waals surface area contributed by atoms with Crippen LogP contribution in [0, 0.1) is 12.3 Å². The monoisotopic (exact) mass is 255 g/mol. The van der Waals surface area contributed by atoms with E-state index in [0.29, 0.717) is 0 Å². The van der Waals surface area contributed by atoms with Crippen LogP contribution in [0.1, 0.15) is 78.6 Å². The van der Waals surface area contributed by atoms with Crippen molar-refractivity contribution >= 4 is 11.8 Å². The van der Waals surface area contributed by atoms with Gasteiger partial charge in [0.05, 0.1) is 0 Å². The van der Waals surface area contributed by atoms with Gasteiger partial charge in [-0.1, -0.05) is 65.7 Å². The summed E-state index contributed by atoms with van der Waals surface area (Å²) >= 11 is 2.23. The first-order valence-electron chi connectivity index (χ1n) is 7.72. The SMILES string of the molecule is CCCCCC(C)[CH]C(C)SC1CCCCC1. The fourth-order valence-electron chi connectivity index (χ4n) is 2.83. The van der Waals surface area contributed by atoms with Crippen LogP contribution in [0.15, 0.2) is 0 Å². The van der Waals surface area contributed by atoms with Crippen LogP contribution in [0.3, 0.4) is 0 Å². The third-order valence-electron chi connectivity index (χ3n) is 3.82. The van der Waals surface area contributed by atoms with E-state index in [0.717, 1.165) is 16.4 Å². The lowest BCUT2D eigenvalue weighted by molar-refractivity contribution is 0.512. The molecule has 0 aromatic rings. The van der Waals surface area contributed by atoms with Crippen molar-refractivity contribution in [1.82, 2.24) is 0 Å². The minimum atomic E-state index is 0.759. The van der Waals surface area contributed by atoms with E-state index >= 15 is 0 Å². The summed E-state index contributed by atoms with van der Waals surface area (Å²) in [5, 5.41) is 1.72. The van der Waals surface area contributed by atoms with Crippen molar-refractivity contribution in [2.45, 2.75) is 89.1 Å². The molecule has 1 radical (unpaired) electrons. The van der Waals surface area contributed by atoms with Crippen molar-refractivity contribution in [3.05, 3.63) is 6.42 Å². The van der Waals surface area contributed by atoms with Crippen LogP contribution in [0.5, 0.6) is 0 Å². The molecule has 0 nitrogen and oxygen atoms in total. The van der Waals surface area contributed by atoms with Gasteiger partial charge in [-0.2, -0.15) is 11.8 Å². The van der Waals surface area contributed by atoms with Gasteiger partial charge in [-0.3, -0.25) is 0 Å². The molecule has 1 aliphatic carbocycles. The summed E-state index contributed by atoms with van der Waals surface area (Å²) in [6.45, 7) is 7.08. The number of unbranched alkanes of at least 4 members (excludes halogenated alkanes) is 2. The Morgan fingerprint density at radius 2 is 1.82 bits per heavy atom. The Kier molecular flexibility index (Phi) is 8.43. The van der Waals surface area contributed by atoms with Gasteiger partial charge in [0.1, 0.15) is 0 Å². The Morgan fingerprint density at radius 3 is 2.47 bits per heavy atom. The summed E-state index contributed by atoms with van der Waals surface area (Å²) in [6.07, 6.45) is 15.5. The zero-order valence-electron chi connectivity index (χ0n) is 12.1. The maximum Gasteiger partial charge on any atom is 0.00554 e. The molecule has 0 amide bonds. The summed E-state index contributed by atoms with van der Waals surface area (Å²) in [7, 11) is 0. The van der Waals surface area contributed by atoms with Crippen molar-refractivity contribution in [1.29, 1.82) is 0 Å². The average Bonchev–Trinajstić information content (AvgIpc) is 2.30. The van der Waals surface area contributed by atoms with Gasteiger partial charge in [-0.05, 0) is 25.2 Å². The largest absolute Gasteiger partial charge is 0.155 e. The lowest BCUT2D eigenvalue weighted by Crippen LogP contribution is -2.14. The van der Waals surface area contributed by atoms with Crippen LogP contribution in [-0.4, -0.2) is 10.5 Å². The molecular weight excluding hydrogens is 224 g/mol. The summed E-state index contributed by atoms with van der Waals surface area (Å²) in [5.41, 5.74) is 0. The van der Waals surface area contributed by atoms with Crippen LogP contribution >= 0.6 is 11.8 Å². The van der Waals surface area contributed by atoms with Gasteiger partial charge in [0.25, 0.3) is 0 Å². The van der Waals surface area contributed by atoms with Gasteiger partial charge >= 0.3 is 0 Å². The molecule has 1 heteroatoms. The number of thioether (sulfide) groups is 1. The van der Waals surface area contributed by atoms with Crippen molar-refractivity contribution in [3.63, 3.8) is 0 Å². The van der Waals surface area contributed by atoms with E-state index in [1.165, 1.54) is 57.8 Å². The summed E-state index contributed by atoms with van der Waals surface area (Å²) in [6, 6.07) is 0. The molecule has 0 heterocycles. The first kappa shape index (κ1) is 15.4. The van der Waals surface area contributed by atoms with E-state index in [-0.39, 0.29) is 0 Å². The van der Waals surface area contributed by atoms with Crippen molar-refractivity contribution in [2.24, 2.45) is 5.92 Å². The quantitative estimate of drug-likeness (QED) is 0.489. The minimum absolute atomic E-state index is 0.759. The summed E-state index contributed by atoms with van der Waals surface area (Å²) in [5.74, 6) is 0.813. The number of hydrogen-bond donors (Lipinski definition) is 0. The Bertz CT molecular complexity index is 172. The fraction of sp³-hybridized carbons (Fsp3) is 0.938. The lowest BCUT2D eigenvalue weighted by atomic mass is 9.98. The topological polar surface area (TPSA) is 0 Å². The van der Waals surface area contributed by atoms with Crippen LogP contribution in [0.2, 0.25) is 0 Å². The smallest absolute Gasteiger partial charge is 0.00554 e. The zero-order chi connectivity index (χ0) is 12.5. The standard InChI is InChI=1S/C16H31S/c1-4-5-7-10-14(2)13-15(3)17-16-11-8-6-9-12-16/h13-16H,4-12H2,1-3H3. The molecule has 2 atom stereocenters. The molecule has 0 bridgehead atoms. The van der Waals surface area contributed by atoms with Gasteiger partial charge in [0.15, 0.2) is 0 Å². The highest BCUT2D eigenvalue weighted by Gasteiger charge is 2.18. The molecule has 0 N–H and O–H groups in total. The molecule has 0 aromatic carbocycles. The van der Waals surface area contributed by atoms with Gasteiger partial charge in [0, 0.05) is 10.5 Å². The molecule has 0 aliphatic heterocycles. The molecule has 1 saturated carbocycles. The van der Waals surface area contributed by atoms with Gasteiger partial charge < -0.3 is 0 Å². The molecule has 1 fully saturated rings. The van der Waals surface area contributed by atoms with Gasteiger partial charge in [-0.15, -0.1) is 0 Å². The van der Waals surface area contributed by atoms with Crippen molar-refractivity contribution < 1.29 is 0 Å². The summed E-state index contributed by atoms with van der Waals surface area (Å²) in [4.78, 5) is 0.